The van der Waals surface area contributed by atoms with E-state index in [4.69, 9.17) is 29.4 Å². The summed E-state index contributed by atoms with van der Waals surface area (Å²) >= 11 is 0. The summed E-state index contributed by atoms with van der Waals surface area (Å²) in [5, 5.41) is 19.9. The first kappa shape index (κ1) is 34.4. The second-order valence-electron chi connectivity index (χ2n) is 11.2. The molecule has 0 bridgehead atoms. The molecule has 2 aromatic rings. The Morgan fingerprint density at radius 2 is 1.89 bits per heavy atom. The fourth-order valence-corrected chi connectivity index (χ4v) is 5.98. The number of benzene rings is 2. The summed E-state index contributed by atoms with van der Waals surface area (Å²) in [5.74, 6) is 1.19. The Morgan fingerprint density at radius 3 is 2.60 bits per heavy atom. The highest BCUT2D eigenvalue weighted by atomic mass is 17.1. The minimum absolute atomic E-state index is 0.0500. The Labute approximate surface area is 264 Å². The summed E-state index contributed by atoms with van der Waals surface area (Å²) in [5.41, 5.74) is 3.06. The number of carbonyl (C=O) groups is 2. The van der Waals surface area contributed by atoms with Gasteiger partial charge in [-0.15, -0.1) is 0 Å². The summed E-state index contributed by atoms with van der Waals surface area (Å²) < 4.78 is 23.2. The maximum Gasteiger partial charge on any atom is 0.223 e. The zero-order valence-electron chi connectivity index (χ0n) is 26.4. The van der Waals surface area contributed by atoms with Crippen molar-refractivity contribution in [2.45, 2.75) is 56.8 Å². The van der Waals surface area contributed by atoms with Crippen LogP contribution in [-0.4, -0.2) is 105 Å². The summed E-state index contributed by atoms with van der Waals surface area (Å²) in [7, 11) is 4.91. The third kappa shape index (κ3) is 9.76. The van der Waals surface area contributed by atoms with Crippen LogP contribution in [0.3, 0.4) is 0 Å². The topological polar surface area (TPSA) is 142 Å². The molecule has 2 amide bonds. The Hall–Kier alpha value is -3.46. The third-order valence-electron chi connectivity index (χ3n) is 8.32. The average molecular weight is 631 g/mol. The van der Waals surface area contributed by atoms with Gasteiger partial charge in [-0.05, 0) is 54.7 Å². The molecule has 0 spiro atoms. The fraction of sp³-hybridized carbons (Fsp3) is 0.562. The molecule has 1 saturated heterocycles. The number of nitrogens with one attached hydrogen (secondary N) is 1. The van der Waals surface area contributed by atoms with E-state index >= 15 is 0 Å². The predicted octanol–water partition coefficient (Wildman–Crippen LogP) is 3.13. The van der Waals surface area contributed by atoms with Crippen LogP contribution in [0.4, 0.5) is 5.69 Å². The molecule has 2 aromatic carbocycles. The Bertz CT molecular complexity index is 1230. The van der Waals surface area contributed by atoms with Gasteiger partial charge >= 0.3 is 0 Å². The highest BCUT2D eigenvalue weighted by molar-refractivity contribution is 5.80. The van der Waals surface area contributed by atoms with Crippen molar-refractivity contribution >= 4 is 17.5 Å². The molecular weight excluding hydrogens is 584 g/mol. The van der Waals surface area contributed by atoms with E-state index in [1.807, 2.05) is 36.4 Å². The standard InChI is InChI=1S/C32H46N4O9/c1-33-31(37)20-25-19-27(24-8-10-26(42-3)11-9-24)30(21-35(25)32(38)6-4-16-45-36(39)40)44-22-23-7-12-29-28(18-23)34(14-17-43-29)13-5-15-41-2/h7-12,18,25,27,30,39-40H,4-6,13-17,19-22H2,1-3H3,(H,33,37). The smallest absolute Gasteiger partial charge is 0.223 e. The molecule has 45 heavy (non-hydrogen) atoms. The highest BCUT2D eigenvalue weighted by Crippen LogP contribution is 2.38. The van der Waals surface area contributed by atoms with Crippen molar-refractivity contribution in [3.05, 3.63) is 53.6 Å². The number of ether oxygens (including phenoxy) is 4. The second kappa shape index (κ2) is 17.3. The zero-order chi connectivity index (χ0) is 32.2. The number of hydrogen-bond donors (Lipinski definition) is 3. The maximum atomic E-state index is 13.5. The highest BCUT2D eigenvalue weighted by Gasteiger charge is 2.40. The van der Waals surface area contributed by atoms with Crippen molar-refractivity contribution in [3.8, 4) is 11.5 Å². The first-order chi connectivity index (χ1) is 21.8. The van der Waals surface area contributed by atoms with Gasteiger partial charge in [0.25, 0.3) is 0 Å². The van der Waals surface area contributed by atoms with Crippen molar-refractivity contribution in [3.63, 3.8) is 0 Å². The molecule has 0 saturated carbocycles. The lowest BCUT2D eigenvalue weighted by atomic mass is 9.81. The molecule has 1 fully saturated rings. The van der Waals surface area contributed by atoms with Crippen LogP contribution in [0.25, 0.3) is 0 Å². The van der Waals surface area contributed by atoms with Crippen LogP contribution in [-0.2, 0) is 30.5 Å². The lowest BCUT2D eigenvalue weighted by Crippen LogP contribution is -2.53. The zero-order valence-corrected chi connectivity index (χ0v) is 26.4. The van der Waals surface area contributed by atoms with Crippen molar-refractivity contribution in [1.29, 1.82) is 0 Å². The van der Waals surface area contributed by atoms with Crippen LogP contribution < -0.4 is 19.7 Å². The van der Waals surface area contributed by atoms with E-state index in [1.54, 1.807) is 26.2 Å². The number of rotatable bonds is 16. The molecule has 0 radical (unpaired) electrons. The van der Waals surface area contributed by atoms with Crippen molar-refractivity contribution < 1.29 is 43.8 Å². The number of piperidine rings is 1. The number of carbonyl (C=O) groups excluding carboxylic acids is 2. The summed E-state index contributed by atoms with van der Waals surface area (Å²) in [6.45, 7) is 3.55. The number of nitrogens with zero attached hydrogens (tertiary/aromatic N) is 3. The monoisotopic (exact) mass is 630 g/mol. The number of likely N-dealkylation sites (tertiary alicyclic amines) is 1. The quantitative estimate of drug-likeness (QED) is 0.186. The van der Waals surface area contributed by atoms with E-state index in [0.29, 0.717) is 32.8 Å². The van der Waals surface area contributed by atoms with E-state index in [-0.39, 0.29) is 61.1 Å². The lowest BCUT2D eigenvalue weighted by Gasteiger charge is -2.44. The van der Waals surface area contributed by atoms with Crippen LogP contribution in [0.2, 0.25) is 0 Å². The number of anilines is 1. The first-order valence-corrected chi connectivity index (χ1v) is 15.4. The van der Waals surface area contributed by atoms with Gasteiger partial charge < -0.3 is 34.1 Å². The van der Waals surface area contributed by atoms with Gasteiger partial charge in [0, 0.05) is 58.7 Å². The van der Waals surface area contributed by atoms with Gasteiger partial charge in [-0.3, -0.25) is 24.8 Å². The Balaban J connectivity index is 1.55. The summed E-state index contributed by atoms with van der Waals surface area (Å²) in [6, 6.07) is 13.6. The number of amides is 2. The lowest BCUT2D eigenvalue weighted by molar-refractivity contribution is -0.492. The molecule has 3 N–H and O–H groups in total. The normalized spacial score (nSPS) is 19.6. The minimum Gasteiger partial charge on any atom is -0.497 e. The Kier molecular flexibility index (Phi) is 13.2. The van der Waals surface area contributed by atoms with Crippen LogP contribution >= 0.6 is 0 Å². The molecule has 13 nitrogen and oxygen atoms in total. The van der Waals surface area contributed by atoms with Crippen molar-refractivity contribution in [1.82, 2.24) is 15.6 Å². The average Bonchev–Trinajstić information content (AvgIpc) is 3.05. The van der Waals surface area contributed by atoms with E-state index in [0.717, 1.165) is 47.8 Å². The van der Waals surface area contributed by atoms with Crippen LogP contribution in [0.1, 0.15) is 49.1 Å². The van der Waals surface area contributed by atoms with Gasteiger partial charge in [-0.25, -0.2) is 0 Å². The molecule has 2 heterocycles. The van der Waals surface area contributed by atoms with Gasteiger partial charge in [-0.1, -0.05) is 18.2 Å². The van der Waals surface area contributed by atoms with Crippen molar-refractivity contribution in [2.75, 3.05) is 65.6 Å². The molecule has 248 valence electrons. The molecule has 13 heteroatoms. The third-order valence-corrected chi connectivity index (χ3v) is 8.32. The number of fused-ring (bicyclic) bond motifs is 1. The molecule has 3 unspecified atom stereocenters. The maximum absolute atomic E-state index is 13.5. The van der Waals surface area contributed by atoms with Gasteiger partial charge in [0.15, 0.2) is 0 Å². The molecule has 2 aliphatic heterocycles. The fourth-order valence-electron chi connectivity index (χ4n) is 5.98. The summed E-state index contributed by atoms with van der Waals surface area (Å²) in [6.07, 6.45) is 1.62. The van der Waals surface area contributed by atoms with Gasteiger partial charge in [0.2, 0.25) is 11.8 Å². The van der Waals surface area contributed by atoms with Gasteiger partial charge in [0.1, 0.15) is 18.1 Å². The Morgan fingerprint density at radius 1 is 1.09 bits per heavy atom. The summed E-state index contributed by atoms with van der Waals surface area (Å²) in [4.78, 5) is 34.7. The molecule has 0 aromatic heterocycles. The van der Waals surface area contributed by atoms with E-state index in [1.165, 1.54) is 0 Å². The minimum atomic E-state index is -0.366. The molecule has 4 rings (SSSR count). The van der Waals surface area contributed by atoms with Crippen LogP contribution in [0.15, 0.2) is 42.5 Å². The first-order valence-electron chi connectivity index (χ1n) is 15.4. The van der Waals surface area contributed by atoms with Crippen LogP contribution in [0, 0.1) is 0 Å². The molecule has 3 atom stereocenters. The largest absolute Gasteiger partial charge is 0.497 e. The van der Waals surface area contributed by atoms with Gasteiger partial charge in [-0.2, -0.15) is 0 Å². The van der Waals surface area contributed by atoms with E-state index in [2.05, 4.69) is 21.1 Å². The molecule has 0 aliphatic carbocycles. The van der Waals surface area contributed by atoms with E-state index < -0.39 is 0 Å². The van der Waals surface area contributed by atoms with Crippen molar-refractivity contribution in [2.24, 2.45) is 0 Å². The van der Waals surface area contributed by atoms with E-state index in [9.17, 15) is 9.59 Å². The second-order valence-corrected chi connectivity index (χ2v) is 11.2. The molecular formula is C32H46N4O9. The number of hydrogen-bond acceptors (Lipinski definition) is 11. The van der Waals surface area contributed by atoms with Crippen LogP contribution in [0.5, 0.6) is 11.5 Å². The molecule has 2 aliphatic rings. The number of methoxy groups -OCH3 is 2. The SMILES string of the molecule is CNC(=O)CC1CC(c2ccc(OC)cc2)C(OCc2ccc3c(c2)N(CCCOC)CCO3)CN1C(=O)CCCON(O)O. The van der Waals surface area contributed by atoms with Gasteiger partial charge in [0.05, 0.1) is 44.0 Å². The predicted molar refractivity (Wildman–Crippen MR) is 164 cm³/mol.